The van der Waals surface area contributed by atoms with Crippen LogP contribution in [0.1, 0.15) is 16.3 Å². The number of nitrogens with one attached hydrogen (secondary N) is 1. The number of carbonyl (C=O) groups is 1. The van der Waals surface area contributed by atoms with E-state index in [1.807, 2.05) is 0 Å². The van der Waals surface area contributed by atoms with Gasteiger partial charge in [-0.25, -0.2) is 14.8 Å². The van der Waals surface area contributed by atoms with E-state index in [0.29, 0.717) is 18.0 Å². The largest absolute Gasteiger partial charge is 0.476 e. The molecule has 0 bridgehead atoms. The second kappa shape index (κ2) is 4.91. The van der Waals surface area contributed by atoms with E-state index in [-0.39, 0.29) is 5.69 Å². The van der Waals surface area contributed by atoms with Gasteiger partial charge in [-0.05, 0) is 0 Å². The maximum atomic E-state index is 10.8. The zero-order chi connectivity index (χ0) is 12.3. The van der Waals surface area contributed by atoms with Gasteiger partial charge >= 0.3 is 5.97 Å². The van der Waals surface area contributed by atoms with Crippen molar-refractivity contribution in [2.24, 2.45) is 7.05 Å². The number of aromatic nitrogens is 4. The van der Waals surface area contributed by atoms with Crippen LogP contribution >= 0.6 is 11.3 Å². The van der Waals surface area contributed by atoms with Crippen molar-refractivity contribution in [3.05, 3.63) is 23.4 Å². The third kappa shape index (κ3) is 2.78. The average Bonchev–Trinajstić information content (AvgIpc) is 2.87. The van der Waals surface area contributed by atoms with Crippen LogP contribution in [0.2, 0.25) is 0 Å². The molecule has 0 saturated heterocycles. The fourth-order valence-corrected chi connectivity index (χ4v) is 2.01. The van der Waals surface area contributed by atoms with Crippen molar-refractivity contribution < 1.29 is 9.90 Å². The topological polar surface area (TPSA) is 92.9 Å². The molecule has 0 spiro atoms. The molecule has 8 heteroatoms. The minimum atomic E-state index is -1.02. The van der Waals surface area contributed by atoms with Crippen LogP contribution in [0.4, 0.5) is 5.00 Å². The number of nitrogens with zero attached hydrogens (tertiary/aromatic N) is 4. The maximum Gasteiger partial charge on any atom is 0.357 e. The zero-order valence-corrected chi connectivity index (χ0v) is 9.94. The Morgan fingerprint density at radius 1 is 1.59 bits per heavy atom. The standard InChI is InChI=1S/C9H11N5O2S/c1-14-4-11-6(13-14)2-3-10-8-7(9(15)16)12-5-17-8/h4-5,10H,2-3H2,1H3,(H,15,16). The molecular weight excluding hydrogens is 242 g/mol. The van der Waals surface area contributed by atoms with E-state index in [2.05, 4.69) is 20.4 Å². The smallest absolute Gasteiger partial charge is 0.357 e. The van der Waals surface area contributed by atoms with Gasteiger partial charge in [0.25, 0.3) is 0 Å². The normalized spacial score (nSPS) is 10.4. The first-order chi connectivity index (χ1) is 8.16. The van der Waals surface area contributed by atoms with E-state index in [1.165, 1.54) is 16.8 Å². The Labute approximate surface area is 101 Å². The fourth-order valence-electron chi connectivity index (χ4n) is 1.31. The number of rotatable bonds is 5. The fraction of sp³-hybridized carbons (Fsp3) is 0.333. The first kappa shape index (κ1) is 11.5. The van der Waals surface area contributed by atoms with Crippen LogP contribution in [-0.4, -0.2) is 37.4 Å². The quantitative estimate of drug-likeness (QED) is 0.811. The summed E-state index contributed by atoms with van der Waals surface area (Å²) in [5, 5.41) is 16.6. The monoisotopic (exact) mass is 253 g/mol. The van der Waals surface area contributed by atoms with Crippen LogP contribution in [0.15, 0.2) is 11.8 Å². The van der Waals surface area contributed by atoms with Crippen molar-refractivity contribution in [2.75, 3.05) is 11.9 Å². The molecule has 0 aliphatic carbocycles. The lowest BCUT2D eigenvalue weighted by molar-refractivity contribution is 0.0692. The number of aromatic carboxylic acids is 1. The van der Waals surface area contributed by atoms with Crippen molar-refractivity contribution in [3.8, 4) is 0 Å². The van der Waals surface area contributed by atoms with Gasteiger partial charge in [-0.15, -0.1) is 11.3 Å². The summed E-state index contributed by atoms with van der Waals surface area (Å²) in [6, 6.07) is 0. The molecule has 2 heterocycles. The van der Waals surface area contributed by atoms with Crippen molar-refractivity contribution in [1.82, 2.24) is 19.7 Å². The zero-order valence-electron chi connectivity index (χ0n) is 9.12. The van der Waals surface area contributed by atoms with Gasteiger partial charge in [0.15, 0.2) is 11.5 Å². The van der Waals surface area contributed by atoms with Gasteiger partial charge in [0.2, 0.25) is 0 Å². The van der Waals surface area contributed by atoms with Gasteiger partial charge in [-0.3, -0.25) is 4.68 Å². The molecule has 0 aliphatic rings. The lowest BCUT2D eigenvalue weighted by Gasteiger charge is -2.01. The molecule has 0 aromatic carbocycles. The third-order valence-corrected chi connectivity index (χ3v) is 2.84. The Morgan fingerprint density at radius 2 is 2.41 bits per heavy atom. The molecule has 90 valence electrons. The van der Waals surface area contributed by atoms with Gasteiger partial charge < -0.3 is 10.4 Å². The van der Waals surface area contributed by atoms with Gasteiger partial charge in [-0.1, -0.05) is 0 Å². The number of carboxylic acid groups (broad SMARTS) is 1. The van der Waals surface area contributed by atoms with Gasteiger partial charge in [0.05, 0.1) is 5.51 Å². The van der Waals surface area contributed by atoms with Gasteiger partial charge in [0, 0.05) is 20.0 Å². The minimum Gasteiger partial charge on any atom is -0.476 e. The number of hydrogen-bond donors (Lipinski definition) is 2. The van der Waals surface area contributed by atoms with Crippen LogP contribution < -0.4 is 5.32 Å². The highest BCUT2D eigenvalue weighted by Gasteiger charge is 2.12. The molecule has 2 N–H and O–H groups in total. The molecule has 0 unspecified atom stereocenters. The van der Waals surface area contributed by atoms with E-state index in [4.69, 9.17) is 5.11 Å². The molecule has 0 aliphatic heterocycles. The van der Waals surface area contributed by atoms with Crippen LogP contribution in [-0.2, 0) is 13.5 Å². The van der Waals surface area contributed by atoms with Crippen LogP contribution in [0, 0.1) is 0 Å². The molecule has 0 amide bonds. The van der Waals surface area contributed by atoms with Gasteiger partial charge in [-0.2, -0.15) is 5.10 Å². The van der Waals surface area contributed by atoms with E-state index >= 15 is 0 Å². The van der Waals surface area contributed by atoms with Crippen molar-refractivity contribution in [1.29, 1.82) is 0 Å². The summed E-state index contributed by atoms with van der Waals surface area (Å²) in [5.41, 5.74) is 1.56. The molecule has 17 heavy (non-hydrogen) atoms. The summed E-state index contributed by atoms with van der Waals surface area (Å²) < 4.78 is 1.63. The molecule has 0 saturated carbocycles. The lowest BCUT2D eigenvalue weighted by Crippen LogP contribution is -2.09. The van der Waals surface area contributed by atoms with E-state index in [9.17, 15) is 4.79 Å². The third-order valence-electron chi connectivity index (χ3n) is 2.05. The summed E-state index contributed by atoms with van der Waals surface area (Å²) in [6.45, 7) is 0.576. The second-order valence-electron chi connectivity index (χ2n) is 3.35. The minimum absolute atomic E-state index is 0.0592. The molecule has 2 aromatic rings. The maximum absolute atomic E-state index is 10.8. The molecule has 0 atom stereocenters. The first-order valence-electron chi connectivity index (χ1n) is 4.92. The van der Waals surface area contributed by atoms with Crippen molar-refractivity contribution in [2.45, 2.75) is 6.42 Å². The highest BCUT2D eigenvalue weighted by atomic mass is 32.1. The van der Waals surface area contributed by atoms with Crippen molar-refractivity contribution >= 4 is 22.3 Å². The number of hydrogen-bond acceptors (Lipinski definition) is 6. The second-order valence-corrected chi connectivity index (χ2v) is 4.20. The summed E-state index contributed by atoms with van der Waals surface area (Å²) in [7, 11) is 1.80. The Balaban J connectivity index is 1.90. The SMILES string of the molecule is Cn1cnc(CCNc2scnc2C(=O)O)n1. The number of carboxylic acids is 1. The first-order valence-corrected chi connectivity index (χ1v) is 5.80. The summed E-state index contributed by atoms with van der Waals surface area (Å²) >= 11 is 1.27. The van der Waals surface area contributed by atoms with E-state index in [0.717, 1.165) is 5.82 Å². The highest BCUT2D eigenvalue weighted by molar-refractivity contribution is 7.14. The molecular formula is C9H11N5O2S. The number of thiazole rings is 1. The lowest BCUT2D eigenvalue weighted by atomic mass is 10.4. The van der Waals surface area contributed by atoms with Crippen molar-refractivity contribution in [3.63, 3.8) is 0 Å². The molecule has 2 rings (SSSR count). The number of aryl methyl sites for hydroxylation is 1. The van der Waals surface area contributed by atoms with Crippen LogP contribution in [0.5, 0.6) is 0 Å². The van der Waals surface area contributed by atoms with Crippen LogP contribution in [0.25, 0.3) is 0 Å². The van der Waals surface area contributed by atoms with E-state index < -0.39 is 5.97 Å². The summed E-state index contributed by atoms with van der Waals surface area (Å²) in [4.78, 5) is 18.6. The van der Waals surface area contributed by atoms with Crippen LogP contribution in [0.3, 0.4) is 0 Å². The molecule has 7 nitrogen and oxygen atoms in total. The predicted octanol–water partition coefficient (Wildman–Crippen LogP) is 0.624. The number of anilines is 1. The summed E-state index contributed by atoms with van der Waals surface area (Å²) in [5.74, 6) is -0.300. The Morgan fingerprint density at radius 3 is 3.06 bits per heavy atom. The molecule has 0 fully saturated rings. The Kier molecular flexibility index (Phi) is 3.33. The molecule has 2 aromatic heterocycles. The predicted molar refractivity (Wildman–Crippen MR) is 62.3 cm³/mol. The Bertz CT molecular complexity index is 521. The molecule has 0 radical (unpaired) electrons. The Hall–Kier alpha value is -1.96. The highest BCUT2D eigenvalue weighted by Crippen LogP contribution is 2.19. The van der Waals surface area contributed by atoms with E-state index in [1.54, 1.807) is 18.1 Å². The van der Waals surface area contributed by atoms with Gasteiger partial charge in [0.1, 0.15) is 11.3 Å². The average molecular weight is 253 g/mol. The summed E-state index contributed by atoms with van der Waals surface area (Å²) in [6.07, 6.45) is 2.27.